The Morgan fingerprint density at radius 2 is 2.17 bits per heavy atom. The van der Waals surface area contributed by atoms with Crippen molar-refractivity contribution in [2.75, 3.05) is 25.4 Å². The van der Waals surface area contributed by atoms with Gasteiger partial charge in [0.2, 0.25) is 0 Å². The van der Waals surface area contributed by atoms with Gasteiger partial charge in [0.05, 0.1) is 0 Å². The van der Waals surface area contributed by atoms with Gasteiger partial charge < -0.3 is 16.0 Å². The molecule has 0 saturated carbocycles. The monoisotopic (exact) mass is 247 g/mol. The minimum absolute atomic E-state index is 0.00190. The summed E-state index contributed by atoms with van der Waals surface area (Å²) in [4.78, 5) is 14.4. The lowest BCUT2D eigenvalue weighted by atomic mass is 10.1. The lowest BCUT2D eigenvalue weighted by Crippen LogP contribution is -2.47. The fourth-order valence-corrected chi connectivity index (χ4v) is 2.36. The molecule has 4 heteroatoms. The summed E-state index contributed by atoms with van der Waals surface area (Å²) in [6.07, 6.45) is 2.22. The summed E-state index contributed by atoms with van der Waals surface area (Å²) in [7, 11) is 0. The lowest BCUT2D eigenvalue weighted by molar-refractivity contribution is 0.0906. The van der Waals surface area contributed by atoms with Crippen molar-refractivity contribution >= 4 is 11.6 Å². The highest BCUT2D eigenvalue weighted by atomic mass is 16.1. The van der Waals surface area contributed by atoms with E-state index in [9.17, 15) is 4.79 Å². The van der Waals surface area contributed by atoms with Crippen LogP contribution >= 0.6 is 0 Å². The number of piperidine rings is 1. The third-order valence-corrected chi connectivity index (χ3v) is 3.46. The van der Waals surface area contributed by atoms with E-state index in [1.54, 1.807) is 24.3 Å². The molecule has 1 aliphatic heterocycles. The number of nitrogen functional groups attached to an aromatic ring is 1. The molecule has 1 aromatic rings. The Morgan fingerprint density at radius 1 is 1.44 bits per heavy atom. The van der Waals surface area contributed by atoms with E-state index in [0.717, 1.165) is 32.5 Å². The molecule has 1 aliphatic rings. The van der Waals surface area contributed by atoms with E-state index in [1.807, 2.05) is 0 Å². The highest BCUT2D eigenvalue weighted by molar-refractivity contribution is 5.94. The molecule has 1 amide bonds. The number of nitrogens with two attached hydrogens (primary N) is 1. The van der Waals surface area contributed by atoms with Crippen molar-refractivity contribution in [3.63, 3.8) is 0 Å². The second kappa shape index (κ2) is 5.87. The van der Waals surface area contributed by atoms with E-state index in [1.165, 1.54) is 0 Å². The van der Waals surface area contributed by atoms with Gasteiger partial charge in [0.1, 0.15) is 0 Å². The summed E-state index contributed by atoms with van der Waals surface area (Å²) in [6.45, 7) is 5.31. The second-order valence-corrected chi connectivity index (χ2v) is 4.83. The summed E-state index contributed by atoms with van der Waals surface area (Å²) >= 11 is 0. The molecule has 2 rings (SSSR count). The van der Waals surface area contributed by atoms with Gasteiger partial charge >= 0.3 is 0 Å². The average Bonchev–Trinajstić information content (AvgIpc) is 2.39. The van der Waals surface area contributed by atoms with Gasteiger partial charge in [-0.25, -0.2) is 0 Å². The largest absolute Gasteiger partial charge is 0.399 e. The van der Waals surface area contributed by atoms with Crippen LogP contribution in [0.15, 0.2) is 24.3 Å². The van der Waals surface area contributed by atoms with Gasteiger partial charge in [-0.05, 0) is 50.2 Å². The van der Waals surface area contributed by atoms with Crippen LogP contribution in [0, 0.1) is 0 Å². The first-order valence-electron chi connectivity index (χ1n) is 6.58. The molecule has 1 fully saturated rings. The number of likely N-dealkylation sites (N-methyl/N-ethyl adjacent to an activating group) is 1. The van der Waals surface area contributed by atoms with Crippen molar-refractivity contribution in [1.82, 2.24) is 10.2 Å². The fourth-order valence-electron chi connectivity index (χ4n) is 2.36. The van der Waals surface area contributed by atoms with Crippen LogP contribution in [0.25, 0.3) is 0 Å². The van der Waals surface area contributed by atoms with E-state index in [4.69, 9.17) is 5.73 Å². The number of anilines is 1. The zero-order chi connectivity index (χ0) is 13.0. The van der Waals surface area contributed by atoms with Crippen LogP contribution in [-0.4, -0.2) is 36.5 Å². The molecule has 1 unspecified atom stereocenters. The highest BCUT2D eigenvalue weighted by Gasteiger charge is 2.20. The Hall–Kier alpha value is -1.55. The van der Waals surface area contributed by atoms with Gasteiger partial charge in [0, 0.05) is 23.8 Å². The maximum absolute atomic E-state index is 12.0. The van der Waals surface area contributed by atoms with E-state index in [0.29, 0.717) is 11.3 Å². The van der Waals surface area contributed by atoms with Crippen molar-refractivity contribution in [3.8, 4) is 0 Å². The summed E-state index contributed by atoms with van der Waals surface area (Å²) < 4.78 is 0. The minimum Gasteiger partial charge on any atom is -0.399 e. The lowest BCUT2D eigenvalue weighted by Gasteiger charge is -2.32. The quantitative estimate of drug-likeness (QED) is 0.795. The summed E-state index contributed by atoms with van der Waals surface area (Å²) in [6, 6.07) is 7.32. The zero-order valence-electron chi connectivity index (χ0n) is 10.9. The number of carbonyl (C=O) groups is 1. The van der Waals surface area contributed by atoms with Crippen LogP contribution in [0.4, 0.5) is 5.69 Å². The highest BCUT2D eigenvalue weighted by Crippen LogP contribution is 2.11. The van der Waals surface area contributed by atoms with E-state index in [-0.39, 0.29) is 11.9 Å². The maximum atomic E-state index is 12.0. The van der Waals surface area contributed by atoms with Crippen LogP contribution in [0.3, 0.4) is 0 Å². The molecule has 3 N–H and O–H groups in total. The zero-order valence-corrected chi connectivity index (χ0v) is 10.9. The number of amides is 1. The van der Waals surface area contributed by atoms with Crippen molar-refractivity contribution in [2.24, 2.45) is 0 Å². The molecule has 1 saturated heterocycles. The average molecular weight is 247 g/mol. The Labute approximate surface area is 108 Å². The molecule has 1 atom stereocenters. The number of carbonyl (C=O) groups excluding carboxylic acids is 1. The van der Waals surface area contributed by atoms with Crippen LogP contribution < -0.4 is 11.1 Å². The molecule has 0 aliphatic carbocycles. The molecular formula is C14H21N3O. The number of hydrogen-bond acceptors (Lipinski definition) is 3. The van der Waals surface area contributed by atoms with Crippen LogP contribution in [0.2, 0.25) is 0 Å². The molecule has 1 heterocycles. The third kappa shape index (κ3) is 3.23. The number of nitrogens with one attached hydrogen (secondary N) is 1. The van der Waals surface area contributed by atoms with Gasteiger partial charge in [0.15, 0.2) is 0 Å². The first-order chi connectivity index (χ1) is 8.69. The molecular weight excluding hydrogens is 226 g/mol. The summed E-state index contributed by atoms with van der Waals surface area (Å²) in [5.41, 5.74) is 6.97. The van der Waals surface area contributed by atoms with Gasteiger partial charge in [-0.2, -0.15) is 0 Å². The van der Waals surface area contributed by atoms with Gasteiger partial charge in [-0.1, -0.05) is 6.92 Å². The number of hydrogen-bond donors (Lipinski definition) is 2. The number of nitrogens with zero attached hydrogens (tertiary/aromatic N) is 1. The Bertz CT molecular complexity index is 402. The fraction of sp³-hybridized carbons (Fsp3) is 0.500. The summed E-state index contributed by atoms with van der Waals surface area (Å²) in [5.74, 6) is -0.00190. The predicted octanol–water partition coefficient (Wildman–Crippen LogP) is 1.48. The number of likely N-dealkylation sites (tertiary alicyclic amines) is 1. The number of rotatable bonds is 3. The molecule has 1 aromatic carbocycles. The molecule has 0 spiro atoms. The summed E-state index contributed by atoms with van der Waals surface area (Å²) in [5, 5.41) is 3.10. The van der Waals surface area contributed by atoms with Crippen LogP contribution in [0.1, 0.15) is 30.1 Å². The van der Waals surface area contributed by atoms with Crippen molar-refractivity contribution in [3.05, 3.63) is 29.8 Å². The molecule has 0 aromatic heterocycles. The van der Waals surface area contributed by atoms with E-state index < -0.39 is 0 Å². The first kappa shape index (κ1) is 12.9. The van der Waals surface area contributed by atoms with Gasteiger partial charge in [-0.3, -0.25) is 4.79 Å². The van der Waals surface area contributed by atoms with E-state index in [2.05, 4.69) is 17.1 Å². The normalized spacial score (nSPS) is 20.6. The molecule has 98 valence electrons. The van der Waals surface area contributed by atoms with Crippen LogP contribution in [-0.2, 0) is 0 Å². The molecule has 0 radical (unpaired) electrons. The van der Waals surface area contributed by atoms with Crippen molar-refractivity contribution in [1.29, 1.82) is 0 Å². The predicted molar refractivity (Wildman–Crippen MR) is 73.5 cm³/mol. The first-order valence-corrected chi connectivity index (χ1v) is 6.58. The Kier molecular flexibility index (Phi) is 4.20. The minimum atomic E-state index is -0.00190. The third-order valence-electron chi connectivity index (χ3n) is 3.46. The standard InChI is InChI=1S/C14H21N3O/c1-2-17-9-3-4-13(10-17)16-14(18)11-5-7-12(15)8-6-11/h5-8,13H,2-4,9-10,15H2,1H3,(H,16,18). The van der Waals surface area contributed by atoms with Crippen LogP contribution in [0.5, 0.6) is 0 Å². The molecule has 4 nitrogen and oxygen atoms in total. The number of benzene rings is 1. The Balaban J connectivity index is 1.92. The van der Waals surface area contributed by atoms with E-state index >= 15 is 0 Å². The topological polar surface area (TPSA) is 58.4 Å². The SMILES string of the molecule is CCN1CCCC(NC(=O)c2ccc(N)cc2)C1. The van der Waals surface area contributed by atoms with Gasteiger partial charge in [-0.15, -0.1) is 0 Å². The van der Waals surface area contributed by atoms with Crippen molar-refractivity contribution in [2.45, 2.75) is 25.8 Å². The molecule has 18 heavy (non-hydrogen) atoms. The van der Waals surface area contributed by atoms with Gasteiger partial charge in [0.25, 0.3) is 5.91 Å². The second-order valence-electron chi connectivity index (χ2n) is 4.83. The molecule has 0 bridgehead atoms. The Morgan fingerprint density at radius 3 is 2.83 bits per heavy atom. The maximum Gasteiger partial charge on any atom is 0.251 e. The van der Waals surface area contributed by atoms with Crippen molar-refractivity contribution < 1.29 is 4.79 Å². The smallest absolute Gasteiger partial charge is 0.251 e.